The van der Waals surface area contributed by atoms with E-state index in [4.69, 9.17) is 5.73 Å². The van der Waals surface area contributed by atoms with Gasteiger partial charge in [-0.3, -0.25) is 0 Å². The van der Waals surface area contributed by atoms with Gasteiger partial charge < -0.3 is 5.73 Å². The van der Waals surface area contributed by atoms with Crippen molar-refractivity contribution in [1.82, 2.24) is 15.0 Å². The van der Waals surface area contributed by atoms with Crippen LogP contribution in [0.4, 0.5) is 0 Å². The molecule has 0 spiro atoms. The molecule has 1 aromatic carbocycles. The van der Waals surface area contributed by atoms with E-state index in [-0.39, 0.29) is 0 Å². The molecule has 0 saturated carbocycles. The second-order valence-corrected chi connectivity index (χ2v) is 2.93. The number of nitrogens with zero attached hydrogens (tertiary/aromatic N) is 3. The minimum atomic E-state index is 0.678. The molecule has 13 heavy (non-hydrogen) atoms. The van der Waals surface area contributed by atoms with Gasteiger partial charge in [0, 0.05) is 0 Å². The number of aromatic nitrogens is 3. The molecule has 0 aliphatic carbocycles. The van der Waals surface area contributed by atoms with Crippen LogP contribution in [0.3, 0.4) is 0 Å². The van der Waals surface area contributed by atoms with E-state index in [0.717, 1.165) is 24.0 Å². The molecule has 0 aliphatic rings. The van der Waals surface area contributed by atoms with Crippen molar-refractivity contribution in [3.05, 3.63) is 24.3 Å². The molecule has 4 heteroatoms. The van der Waals surface area contributed by atoms with Crippen molar-refractivity contribution in [1.29, 1.82) is 0 Å². The Morgan fingerprint density at radius 1 is 1.15 bits per heavy atom. The molecule has 0 unspecified atom stereocenters. The summed E-state index contributed by atoms with van der Waals surface area (Å²) < 4.78 is 0. The van der Waals surface area contributed by atoms with E-state index < -0.39 is 0 Å². The SMILES string of the molecule is NCCCn1nc2ccccc2n1. The highest BCUT2D eigenvalue weighted by Crippen LogP contribution is 2.06. The minimum absolute atomic E-state index is 0.678. The van der Waals surface area contributed by atoms with Crippen LogP contribution in [0, 0.1) is 0 Å². The smallest absolute Gasteiger partial charge is 0.113 e. The van der Waals surface area contributed by atoms with Gasteiger partial charge >= 0.3 is 0 Å². The summed E-state index contributed by atoms with van der Waals surface area (Å²) in [6, 6.07) is 7.84. The number of hydrogen-bond donors (Lipinski definition) is 1. The predicted octanol–water partition coefficient (Wildman–Crippen LogP) is 0.780. The van der Waals surface area contributed by atoms with E-state index in [1.165, 1.54) is 0 Å². The van der Waals surface area contributed by atoms with Crippen LogP contribution >= 0.6 is 0 Å². The first-order chi connectivity index (χ1) is 6.40. The summed E-state index contributed by atoms with van der Waals surface area (Å²) in [6.45, 7) is 1.48. The first kappa shape index (κ1) is 8.19. The number of aryl methyl sites for hydroxylation is 1. The van der Waals surface area contributed by atoms with E-state index >= 15 is 0 Å². The molecule has 68 valence electrons. The Hall–Kier alpha value is -1.42. The fourth-order valence-electron chi connectivity index (χ4n) is 1.24. The van der Waals surface area contributed by atoms with E-state index in [1.54, 1.807) is 4.80 Å². The molecule has 1 heterocycles. The molecule has 4 nitrogen and oxygen atoms in total. The van der Waals surface area contributed by atoms with E-state index in [0.29, 0.717) is 6.54 Å². The summed E-state index contributed by atoms with van der Waals surface area (Å²) in [5, 5.41) is 8.60. The summed E-state index contributed by atoms with van der Waals surface area (Å²) in [6.07, 6.45) is 0.918. The number of hydrogen-bond acceptors (Lipinski definition) is 3. The van der Waals surface area contributed by atoms with Crippen LogP contribution in [-0.2, 0) is 6.54 Å². The first-order valence-electron chi connectivity index (χ1n) is 4.40. The van der Waals surface area contributed by atoms with Crippen molar-refractivity contribution in [2.75, 3.05) is 6.54 Å². The summed E-state index contributed by atoms with van der Waals surface area (Å²) in [7, 11) is 0. The molecular formula is C9H12N4. The van der Waals surface area contributed by atoms with Crippen molar-refractivity contribution in [2.45, 2.75) is 13.0 Å². The molecule has 0 atom stereocenters. The topological polar surface area (TPSA) is 56.7 Å². The fraction of sp³-hybridized carbons (Fsp3) is 0.333. The van der Waals surface area contributed by atoms with E-state index in [1.807, 2.05) is 24.3 Å². The molecule has 0 fully saturated rings. The molecule has 2 N–H and O–H groups in total. The largest absolute Gasteiger partial charge is 0.330 e. The monoisotopic (exact) mass is 176 g/mol. The lowest BCUT2D eigenvalue weighted by atomic mass is 10.3. The Balaban J connectivity index is 2.28. The van der Waals surface area contributed by atoms with E-state index in [2.05, 4.69) is 10.2 Å². The first-order valence-corrected chi connectivity index (χ1v) is 4.40. The van der Waals surface area contributed by atoms with Crippen molar-refractivity contribution >= 4 is 11.0 Å². The Labute approximate surface area is 76.3 Å². The number of fused-ring (bicyclic) bond motifs is 1. The Morgan fingerprint density at radius 2 is 1.77 bits per heavy atom. The van der Waals surface area contributed by atoms with Crippen molar-refractivity contribution in [3.8, 4) is 0 Å². The van der Waals surface area contributed by atoms with Crippen LogP contribution in [0.1, 0.15) is 6.42 Å². The van der Waals surface area contributed by atoms with Crippen LogP contribution in [0.5, 0.6) is 0 Å². The Morgan fingerprint density at radius 3 is 2.31 bits per heavy atom. The molecule has 0 aliphatic heterocycles. The molecule has 0 saturated heterocycles. The van der Waals surface area contributed by atoms with Gasteiger partial charge in [0.1, 0.15) is 11.0 Å². The third kappa shape index (κ3) is 1.67. The van der Waals surface area contributed by atoms with E-state index in [9.17, 15) is 0 Å². The van der Waals surface area contributed by atoms with Gasteiger partial charge in [0.05, 0.1) is 6.54 Å². The third-order valence-electron chi connectivity index (χ3n) is 1.89. The van der Waals surface area contributed by atoms with Gasteiger partial charge in [-0.2, -0.15) is 15.0 Å². The quantitative estimate of drug-likeness (QED) is 0.751. The highest BCUT2D eigenvalue weighted by Gasteiger charge is 1.99. The molecule has 1 aromatic heterocycles. The molecular weight excluding hydrogens is 164 g/mol. The average Bonchev–Trinajstić information content (AvgIpc) is 2.57. The maximum Gasteiger partial charge on any atom is 0.113 e. The Bertz CT molecular complexity index is 360. The molecule has 0 amide bonds. The van der Waals surface area contributed by atoms with Gasteiger partial charge in [-0.15, -0.1) is 0 Å². The molecule has 0 radical (unpaired) electrons. The van der Waals surface area contributed by atoms with Crippen LogP contribution in [0.2, 0.25) is 0 Å². The lowest BCUT2D eigenvalue weighted by Crippen LogP contribution is -2.07. The van der Waals surface area contributed by atoms with Crippen molar-refractivity contribution in [2.24, 2.45) is 5.73 Å². The standard InChI is InChI=1S/C9H12N4/c10-6-3-7-13-11-8-4-1-2-5-9(8)12-13/h1-2,4-5H,3,6-7,10H2. The second-order valence-electron chi connectivity index (χ2n) is 2.93. The van der Waals surface area contributed by atoms with Gasteiger partial charge in [-0.1, -0.05) is 12.1 Å². The van der Waals surface area contributed by atoms with Gasteiger partial charge in [0.15, 0.2) is 0 Å². The fourth-order valence-corrected chi connectivity index (χ4v) is 1.24. The zero-order valence-corrected chi connectivity index (χ0v) is 7.35. The number of rotatable bonds is 3. The normalized spacial score (nSPS) is 10.8. The molecule has 0 bridgehead atoms. The maximum atomic E-state index is 5.40. The summed E-state index contributed by atoms with van der Waals surface area (Å²) in [5.41, 5.74) is 7.29. The van der Waals surface area contributed by atoms with Crippen molar-refractivity contribution in [3.63, 3.8) is 0 Å². The average molecular weight is 176 g/mol. The van der Waals surface area contributed by atoms with Gasteiger partial charge in [-0.05, 0) is 25.1 Å². The predicted molar refractivity (Wildman–Crippen MR) is 51.2 cm³/mol. The molecule has 2 rings (SSSR count). The van der Waals surface area contributed by atoms with Gasteiger partial charge in [0.2, 0.25) is 0 Å². The zero-order chi connectivity index (χ0) is 9.10. The lowest BCUT2D eigenvalue weighted by Gasteiger charge is -1.94. The van der Waals surface area contributed by atoms with Gasteiger partial charge in [0.25, 0.3) is 0 Å². The van der Waals surface area contributed by atoms with Gasteiger partial charge in [-0.25, -0.2) is 0 Å². The third-order valence-corrected chi connectivity index (χ3v) is 1.89. The number of benzene rings is 1. The molecule has 2 aromatic rings. The minimum Gasteiger partial charge on any atom is -0.330 e. The zero-order valence-electron chi connectivity index (χ0n) is 7.35. The number of nitrogens with two attached hydrogens (primary N) is 1. The van der Waals surface area contributed by atoms with Crippen LogP contribution in [0.25, 0.3) is 11.0 Å². The highest BCUT2D eigenvalue weighted by molar-refractivity contribution is 5.72. The van der Waals surface area contributed by atoms with Crippen LogP contribution in [-0.4, -0.2) is 21.5 Å². The Kier molecular flexibility index (Phi) is 2.23. The lowest BCUT2D eigenvalue weighted by molar-refractivity contribution is 0.523. The van der Waals surface area contributed by atoms with Crippen LogP contribution in [0.15, 0.2) is 24.3 Å². The second kappa shape index (κ2) is 3.53. The highest BCUT2D eigenvalue weighted by atomic mass is 15.5. The maximum absolute atomic E-state index is 5.40. The summed E-state index contributed by atoms with van der Waals surface area (Å²) >= 11 is 0. The summed E-state index contributed by atoms with van der Waals surface area (Å²) in [5.74, 6) is 0. The van der Waals surface area contributed by atoms with Crippen LogP contribution < -0.4 is 5.73 Å². The summed E-state index contributed by atoms with van der Waals surface area (Å²) in [4.78, 5) is 1.71. The van der Waals surface area contributed by atoms with Crippen molar-refractivity contribution < 1.29 is 0 Å².